The Bertz CT molecular complexity index is 230. The van der Waals surface area contributed by atoms with Gasteiger partial charge in [0.2, 0.25) is 5.91 Å². The van der Waals surface area contributed by atoms with Crippen LogP contribution in [0, 0.1) is 5.92 Å². The van der Waals surface area contributed by atoms with E-state index in [4.69, 9.17) is 9.84 Å². The molecule has 0 rings (SSSR count). The van der Waals surface area contributed by atoms with Crippen LogP contribution in [0.25, 0.3) is 0 Å². The fraction of sp³-hybridized carbons (Fsp3) is 0.818. The summed E-state index contributed by atoms with van der Waals surface area (Å²) < 4.78 is 5.24. The fourth-order valence-electron chi connectivity index (χ4n) is 1.05. The van der Waals surface area contributed by atoms with Crippen molar-refractivity contribution in [3.63, 3.8) is 0 Å². The Balaban J connectivity index is 3.61. The molecule has 0 radical (unpaired) electrons. The molecule has 0 fully saturated rings. The number of ether oxygens (including phenoxy) is 1. The summed E-state index contributed by atoms with van der Waals surface area (Å²) in [7, 11) is 0. The summed E-state index contributed by atoms with van der Waals surface area (Å²) in [5, 5.41) is 11.2. The third-order valence-corrected chi connectivity index (χ3v) is 2.24. The molecule has 0 aliphatic rings. The van der Waals surface area contributed by atoms with Crippen molar-refractivity contribution in [1.82, 2.24) is 5.32 Å². The van der Waals surface area contributed by atoms with Gasteiger partial charge in [0.1, 0.15) is 6.61 Å². The molecule has 2 N–H and O–H groups in total. The topological polar surface area (TPSA) is 75.6 Å². The average Bonchev–Trinajstić information content (AvgIpc) is 2.22. The first kappa shape index (κ1) is 14.9. The van der Waals surface area contributed by atoms with Crippen LogP contribution < -0.4 is 5.32 Å². The van der Waals surface area contributed by atoms with Gasteiger partial charge in [-0.05, 0) is 19.3 Å². The van der Waals surface area contributed by atoms with Crippen molar-refractivity contribution in [2.45, 2.75) is 39.7 Å². The lowest BCUT2D eigenvalue weighted by Crippen LogP contribution is -2.33. The van der Waals surface area contributed by atoms with E-state index in [1.54, 1.807) is 6.92 Å². The van der Waals surface area contributed by atoms with E-state index in [0.717, 1.165) is 6.42 Å². The van der Waals surface area contributed by atoms with Crippen LogP contribution in [0.3, 0.4) is 0 Å². The van der Waals surface area contributed by atoms with Crippen molar-refractivity contribution in [1.29, 1.82) is 0 Å². The number of amides is 1. The minimum Gasteiger partial charge on any atom is -0.481 e. The predicted molar refractivity (Wildman–Crippen MR) is 60.1 cm³/mol. The maximum Gasteiger partial charge on any atom is 0.303 e. The lowest BCUT2D eigenvalue weighted by Gasteiger charge is -2.12. The molecule has 5 nitrogen and oxygen atoms in total. The molecule has 2 unspecified atom stereocenters. The largest absolute Gasteiger partial charge is 0.481 e. The lowest BCUT2D eigenvalue weighted by atomic mass is 10.1. The highest BCUT2D eigenvalue weighted by molar-refractivity contribution is 5.77. The van der Waals surface area contributed by atoms with Gasteiger partial charge in [-0.1, -0.05) is 13.8 Å². The summed E-state index contributed by atoms with van der Waals surface area (Å²) in [6.45, 7) is 6.07. The van der Waals surface area contributed by atoms with Gasteiger partial charge < -0.3 is 15.2 Å². The second-order valence-electron chi connectivity index (χ2n) is 4.04. The molecule has 0 saturated carbocycles. The van der Waals surface area contributed by atoms with Crippen LogP contribution in [0.4, 0.5) is 0 Å². The van der Waals surface area contributed by atoms with Crippen LogP contribution in [-0.4, -0.2) is 36.2 Å². The smallest absolute Gasteiger partial charge is 0.303 e. The monoisotopic (exact) mass is 231 g/mol. The van der Waals surface area contributed by atoms with Crippen LogP contribution in [0.2, 0.25) is 0 Å². The van der Waals surface area contributed by atoms with Crippen molar-refractivity contribution in [2.24, 2.45) is 5.92 Å². The zero-order valence-electron chi connectivity index (χ0n) is 10.2. The summed E-state index contributed by atoms with van der Waals surface area (Å²) in [5.41, 5.74) is 0. The Morgan fingerprint density at radius 3 is 2.50 bits per heavy atom. The maximum atomic E-state index is 11.3. The summed E-state index contributed by atoms with van der Waals surface area (Å²) in [6.07, 6.45) is 0.997. The Kier molecular flexibility index (Phi) is 7.54. The molecule has 0 aromatic carbocycles. The normalized spacial score (nSPS) is 14.2. The van der Waals surface area contributed by atoms with E-state index in [1.165, 1.54) is 0 Å². The quantitative estimate of drug-likeness (QED) is 0.654. The number of nitrogens with one attached hydrogen (secondary N) is 1. The number of carboxylic acid groups (broad SMARTS) is 1. The van der Waals surface area contributed by atoms with Gasteiger partial charge in [-0.2, -0.15) is 0 Å². The second-order valence-corrected chi connectivity index (χ2v) is 4.04. The lowest BCUT2D eigenvalue weighted by molar-refractivity contribution is -0.138. The predicted octanol–water partition coefficient (Wildman–Crippen LogP) is 1.03. The molecule has 94 valence electrons. The molecular formula is C11H21NO4. The molecule has 2 atom stereocenters. The highest BCUT2D eigenvalue weighted by Crippen LogP contribution is 1.99. The van der Waals surface area contributed by atoms with Crippen LogP contribution in [-0.2, 0) is 14.3 Å². The molecule has 5 heteroatoms. The number of hydrogen-bond acceptors (Lipinski definition) is 3. The Hall–Kier alpha value is -1.10. The Morgan fingerprint density at radius 2 is 2.00 bits per heavy atom. The third kappa shape index (κ3) is 8.23. The van der Waals surface area contributed by atoms with Crippen LogP contribution in [0.15, 0.2) is 0 Å². The number of hydrogen-bond donors (Lipinski definition) is 2. The summed E-state index contributed by atoms with van der Waals surface area (Å²) in [6, 6.07) is 0. The summed E-state index contributed by atoms with van der Waals surface area (Å²) in [5.74, 6) is -1.11. The van der Waals surface area contributed by atoms with E-state index in [-0.39, 0.29) is 31.0 Å². The van der Waals surface area contributed by atoms with Crippen molar-refractivity contribution in [2.75, 3.05) is 13.2 Å². The molecule has 0 heterocycles. The van der Waals surface area contributed by atoms with Crippen LogP contribution in [0.1, 0.15) is 33.6 Å². The van der Waals surface area contributed by atoms with Crippen LogP contribution >= 0.6 is 0 Å². The van der Waals surface area contributed by atoms with E-state index in [2.05, 4.69) is 5.32 Å². The zero-order chi connectivity index (χ0) is 12.6. The maximum absolute atomic E-state index is 11.3. The SMILES string of the molecule is CCC(C)OCC(=O)NCC(C)CC(=O)O. The number of rotatable bonds is 8. The minimum absolute atomic E-state index is 0.0365. The van der Waals surface area contributed by atoms with E-state index in [0.29, 0.717) is 6.54 Å². The van der Waals surface area contributed by atoms with Gasteiger partial charge in [0.25, 0.3) is 0 Å². The molecule has 0 saturated heterocycles. The fourth-order valence-corrected chi connectivity index (χ4v) is 1.05. The molecule has 1 amide bonds. The third-order valence-electron chi connectivity index (χ3n) is 2.24. The van der Waals surface area contributed by atoms with Gasteiger partial charge in [-0.15, -0.1) is 0 Å². The van der Waals surface area contributed by atoms with Crippen molar-refractivity contribution in [3.05, 3.63) is 0 Å². The van der Waals surface area contributed by atoms with Gasteiger partial charge in [0.15, 0.2) is 0 Å². The van der Waals surface area contributed by atoms with E-state index in [1.807, 2.05) is 13.8 Å². The van der Waals surface area contributed by atoms with E-state index in [9.17, 15) is 9.59 Å². The van der Waals surface area contributed by atoms with Gasteiger partial charge >= 0.3 is 5.97 Å². The van der Waals surface area contributed by atoms with Gasteiger partial charge in [0.05, 0.1) is 6.10 Å². The molecule has 0 spiro atoms. The van der Waals surface area contributed by atoms with Gasteiger partial charge in [-0.3, -0.25) is 9.59 Å². The highest BCUT2D eigenvalue weighted by atomic mass is 16.5. The standard InChI is InChI=1S/C11H21NO4/c1-4-9(3)16-7-10(13)12-6-8(2)5-11(14)15/h8-9H,4-7H2,1-3H3,(H,12,13)(H,14,15). The van der Waals surface area contributed by atoms with Crippen molar-refractivity contribution >= 4 is 11.9 Å². The zero-order valence-corrected chi connectivity index (χ0v) is 10.2. The molecule has 0 aromatic rings. The molecule has 0 aliphatic heterocycles. The van der Waals surface area contributed by atoms with E-state index >= 15 is 0 Å². The Labute approximate surface area is 96.2 Å². The summed E-state index contributed by atoms with van der Waals surface area (Å²) in [4.78, 5) is 21.6. The molecule has 0 aliphatic carbocycles. The number of aliphatic carboxylic acids is 1. The summed E-state index contributed by atoms with van der Waals surface area (Å²) >= 11 is 0. The number of carbonyl (C=O) groups is 2. The molecule has 16 heavy (non-hydrogen) atoms. The first-order chi connectivity index (χ1) is 7.45. The van der Waals surface area contributed by atoms with Crippen molar-refractivity contribution in [3.8, 4) is 0 Å². The highest BCUT2D eigenvalue weighted by Gasteiger charge is 2.10. The average molecular weight is 231 g/mol. The number of carboxylic acids is 1. The molecular weight excluding hydrogens is 210 g/mol. The number of carbonyl (C=O) groups excluding carboxylic acids is 1. The molecule has 0 bridgehead atoms. The first-order valence-electron chi connectivity index (χ1n) is 5.55. The second kappa shape index (κ2) is 8.10. The van der Waals surface area contributed by atoms with E-state index < -0.39 is 5.97 Å². The van der Waals surface area contributed by atoms with Gasteiger partial charge in [-0.25, -0.2) is 0 Å². The van der Waals surface area contributed by atoms with Gasteiger partial charge in [0, 0.05) is 13.0 Å². The molecule has 0 aromatic heterocycles. The first-order valence-corrected chi connectivity index (χ1v) is 5.55. The minimum atomic E-state index is -0.849. The van der Waals surface area contributed by atoms with Crippen LogP contribution in [0.5, 0.6) is 0 Å². The van der Waals surface area contributed by atoms with Crippen molar-refractivity contribution < 1.29 is 19.4 Å². The Morgan fingerprint density at radius 1 is 1.38 bits per heavy atom.